The van der Waals surface area contributed by atoms with Crippen molar-refractivity contribution in [3.63, 3.8) is 0 Å². The summed E-state index contributed by atoms with van der Waals surface area (Å²) in [6, 6.07) is 5.16. The lowest BCUT2D eigenvalue weighted by molar-refractivity contribution is -0.137. The molecule has 0 bridgehead atoms. The Balaban J connectivity index is 2.51. The molecule has 0 saturated heterocycles. The summed E-state index contributed by atoms with van der Waals surface area (Å²) in [7, 11) is 1.58. The van der Waals surface area contributed by atoms with Crippen LogP contribution in [0, 0.1) is 6.92 Å². The first-order valence-electron chi connectivity index (χ1n) is 5.69. The van der Waals surface area contributed by atoms with Crippen LogP contribution in [0.2, 0.25) is 0 Å². The lowest BCUT2D eigenvalue weighted by Gasteiger charge is -2.08. The van der Waals surface area contributed by atoms with Crippen molar-refractivity contribution in [2.45, 2.75) is 19.8 Å². The van der Waals surface area contributed by atoms with E-state index in [-0.39, 0.29) is 12.3 Å². The number of hydrogen-bond acceptors (Lipinski definition) is 3. The van der Waals surface area contributed by atoms with Crippen LogP contribution in [0.15, 0.2) is 18.2 Å². The van der Waals surface area contributed by atoms with E-state index in [1.807, 2.05) is 6.92 Å². The van der Waals surface area contributed by atoms with E-state index in [9.17, 15) is 9.59 Å². The quantitative estimate of drug-likeness (QED) is 0.753. The number of aliphatic carboxylic acids is 1. The molecule has 0 saturated carbocycles. The molecule has 0 aliphatic carbocycles. The Bertz CT molecular complexity index is 443. The minimum Gasteiger partial charge on any atom is -0.496 e. The highest BCUT2D eigenvalue weighted by molar-refractivity contribution is 5.94. The van der Waals surface area contributed by atoms with Crippen LogP contribution in [-0.2, 0) is 4.79 Å². The SMILES string of the molecule is COc1ccc(C(=O)NCCCC(=O)O)cc1C. The number of ether oxygens (including phenoxy) is 1. The maximum atomic E-state index is 11.7. The first-order chi connectivity index (χ1) is 8.54. The highest BCUT2D eigenvalue weighted by Gasteiger charge is 2.07. The molecule has 0 aliphatic heterocycles. The van der Waals surface area contributed by atoms with Crippen LogP contribution < -0.4 is 10.1 Å². The molecule has 1 rings (SSSR count). The molecular weight excluding hydrogens is 234 g/mol. The summed E-state index contributed by atoms with van der Waals surface area (Å²) < 4.78 is 5.11. The van der Waals surface area contributed by atoms with Gasteiger partial charge in [-0.3, -0.25) is 9.59 Å². The Morgan fingerprint density at radius 3 is 2.67 bits per heavy atom. The monoisotopic (exact) mass is 251 g/mol. The van der Waals surface area contributed by atoms with Crippen molar-refractivity contribution in [1.29, 1.82) is 0 Å². The molecule has 98 valence electrons. The summed E-state index contributed by atoms with van der Waals surface area (Å²) in [6.07, 6.45) is 0.484. The van der Waals surface area contributed by atoms with Crippen LogP contribution in [0.4, 0.5) is 0 Å². The second-order valence-corrected chi connectivity index (χ2v) is 3.94. The molecular formula is C13H17NO4. The van der Waals surface area contributed by atoms with Crippen LogP contribution in [-0.4, -0.2) is 30.6 Å². The Labute approximate surface area is 106 Å². The van der Waals surface area contributed by atoms with E-state index in [1.54, 1.807) is 25.3 Å². The maximum Gasteiger partial charge on any atom is 0.303 e. The number of rotatable bonds is 6. The lowest BCUT2D eigenvalue weighted by atomic mass is 10.1. The minimum absolute atomic E-state index is 0.0575. The number of carboxylic acids is 1. The van der Waals surface area contributed by atoms with Gasteiger partial charge in [-0.05, 0) is 37.1 Å². The third-order valence-corrected chi connectivity index (χ3v) is 2.51. The molecule has 0 fully saturated rings. The van der Waals surface area contributed by atoms with Crippen molar-refractivity contribution in [3.05, 3.63) is 29.3 Å². The fourth-order valence-corrected chi connectivity index (χ4v) is 1.56. The van der Waals surface area contributed by atoms with Crippen molar-refractivity contribution in [1.82, 2.24) is 5.32 Å². The molecule has 0 heterocycles. The Morgan fingerprint density at radius 1 is 1.39 bits per heavy atom. The molecule has 0 spiro atoms. The average Bonchev–Trinajstić information content (AvgIpc) is 2.34. The van der Waals surface area contributed by atoms with E-state index in [4.69, 9.17) is 9.84 Å². The van der Waals surface area contributed by atoms with E-state index in [2.05, 4.69) is 5.32 Å². The van der Waals surface area contributed by atoms with Crippen molar-refractivity contribution >= 4 is 11.9 Å². The topological polar surface area (TPSA) is 75.6 Å². The molecule has 0 unspecified atom stereocenters. The standard InChI is InChI=1S/C13H17NO4/c1-9-8-10(5-6-11(9)18-2)13(17)14-7-3-4-12(15)16/h5-6,8H,3-4,7H2,1-2H3,(H,14,17)(H,15,16). The largest absolute Gasteiger partial charge is 0.496 e. The van der Waals surface area contributed by atoms with Gasteiger partial charge in [-0.15, -0.1) is 0 Å². The molecule has 0 atom stereocenters. The summed E-state index contributed by atoms with van der Waals surface area (Å²) in [4.78, 5) is 22.0. The van der Waals surface area contributed by atoms with Crippen molar-refractivity contribution in [3.8, 4) is 5.75 Å². The van der Waals surface area contributed by atoms with Gasteiger partial charge in [0.2, 0.25) is 0 Å². The zero-order valence-corrected chi connectivity index (χ0v) is 10.5. The van der Waals surface area contributed by atoms with Crippen molar-refractivity contribution in [2.75, 3.05) is 13.7 Å². The zero-order valence-electron chi connectivity index (χ0n) is 10.5. The number of hydrogen-bond donors (Lipinski definition) is 2. The van der Waals surface area contributed by atoms with Crippen LogP contribution in [0.25, 0.3) is 0 Å². The Kier molecular flexibility index (Phi) is 5.17. The van der Waals surface area contributed by atoms with Crippen molar-refractivity contribution < 1.29 is 19.4 Å². The molecule has 5 nitrogen and oxygen atoms in total. The number of methoxy groups -OCH3 is 1. The Hall–Kier alpha value is -2.04. The molecule has 18 heavy (non-hydrogen) atoms. The third-order valence-electron chi connectivity index (χ3n) is 2.51. The number of carboxylic acid groups (broad SMARTS) is 1. The normalized spacial score (nSPS) is 9.89. The number of amides is 1. The highest BCUT2D eigenvalue weighted by atomic mass is 16.5. The number of carbonyl (C=O) groups excluding carboxylic acids is 1. The van der Waals surface area contributed by atoms with Gasteiger partial charge < -0.3 is 15.2 Å². The molecule has 1 aromatic rings. The van der Waals surface area contributed by atoms with Gasteiger partial charge in [-0.2, -0.15) is 0 Å². The summed E-state index contributed by atoms with van der Waals surface area (Å²) in [5.41, 5.74) is 1.43. The molecule has 5 heteroatoms. The first kappa shape index (κ1) is 14.0. The molecule has 1 amide bonds. The molecule has 1 aromatic carbocycles. The van der Waals surface area contributed by atoms with Gasteiger partial charge in [0.05, 0.1) is 7.11 Å². The Morgan fingerprint density at radius 2 is 2.11 bits per heavy atom. The van der Waals surface area contributed by atoms with Gasteiger partial charge in [0.1, 0.15) is 5.75 Å². The van der Waals surface area contributed by atoms with Crippen molar-refractivity contribution in [2.24, 2.45) is 0 Å². The van der Waals surface area contributed by atoms with Crippen LogP contribution >= 0.6 is 0 Å². The maximum absolute atomic E-state index is 11.7. The fraction of sp³-hybridized carbons (Fsp3) is 0.385. The average molecular weight is 251 g/mol. The summed E-state index contributed by atoms with van der Waals surface area (Å²) in [5.74, 6) is -0.326. The van der Waals surface area contributed by atoms with E-state index in [0.717, 1.165) is 11.3 Å². The number of benzene rings is 1. The highest BCUT2D eigenvalue weighted by Crippen LogP contribution is 2.18. The smallest absolute Gasteiger partial charge is 0.303 e. The van der Waals surface area contributed by atoms with Gasteiger partial charge in [0, 0.05) is 18.5 Å². The van der Waals surface area contributed by atoms with Gasteiger partial charge >= 0.3 is 5.97 Å². The molecule has 0 aliphatic rings. The summed E-state index contributed by atoms with van der Waals surface area (Å²) in [6.45, 7) is 2.22. The second-order valence-electron chi connectivity index (χ2n) is 3.94. The predicted octanol–water partition coefficient (Wildman–Crippen LogP) is 1.60. The number of aryl methyl sites for hydroxylation is 1. The lowest BCUT2D eigenvalue weighted by Crippen LogP contribution is -2.24. The molecule has 0 radical (unpaired) electrons. The van der Waals surface area contributed by atoms with E-state index < -0.39 is 5.97 Å². The zero-order chi connectivity index (χ0) is 13.5. The first-order valence-corrected chi connectivity index (χ1v) is 5.69. The van der Waals surface area contributed by atoms with E-state index in [0.29, 0.717) is 18.5 Å². The fourth-order valence-electron chi connectivity index (χ4n) is 1.56. The number of nitrogens with one attached hydrogen (secondary N) is 1. The van der Waals surface area contributed by atoms with Crippen LogP contribution in [0.1, 0.15) is 28.8 Å². The van der Waals surface area contributed by atoms with Crippen LogP contribution in [0.5, 0.6) is 5.75 Å². The molecule has 2 N–H and O–H groups in total. The van der Waals surface area contributed by atoms with E-state index >= 15 is 0 Å². The van der Waals surface area contributed by atoms with Gasteiger partial charge in [0.25, 0.3) is 5.91 Å². The summed E-state index contributed by atoms with van der Waals surface area (Å²) >= 11 is 0. The van der Waals surface area contributed by atoms with Gasteiger partial charge in [-0.1, -0.05) is 0 Å². The van der Waals surface area contributed by atoms with Gasteiger partial charge in [-0.25, -0.2) is 0 Å². The van der Waals surface area contributed by atoms with Crippen LogP contribution in [0.3, 0.4) is 0 Å². The van der Waals surface area contributed by atoms with E-state index in [1.165, 1.54) is 0 Å². The second kappa shape index (κ2) is 6.64. The predicted molar refractivity (Wildman–Crippen MR) is 66.9 cm³/mol. The minimum atomic E-state index is -0.857. The third kappa shape index (κ3) is 4.08. The summed E-state index contributed by atoms with van der Waals surface area (Å²) in [5, 5.41) is 11.1. The van der Waals surface area contributed by atoms with Gasteiger partial charge in [0.15, 0.2) is 0 Å². The number of carbonyl (C=O) groups is 2. The molecule has 0 aromatic heterocycles.